The molecule has 1 N–H and O–H groups in total. The van der Waals surface area contributed by atoms with Gasteiger partial charge in [-0.25, -0.2) is 0 Å². The zero-order valence-electron chi connectivity index (χ0n) is 14.2. The Hall–Kier alpha value is -2.05. The van der Waals surface area contributed by atoms with Crippen molar-refractivity contribution in [2.24, 2.45) is 5.92 Å². The Bertz CT molecular complexity index is 755. The van der Waals surface area contributed by atoms with Crippen molar-refractivity contribution in [1.29, 1.82) is 0 Å². The monoisotopic (exact) mass is 389 g/mol. The fraction of sp³-hybridized carbons (Fsp3) is 0.316. The number of rotatable bonds is 7. The Morgan fingerprint density at radius 2 is 2.12 bits per heavy atom. The minimum absolute atomic E-state index is 0.0181. The van der Waals surface area contributed by atoms with Crippen LogP contribution in [0.5, 0.6) is 0 Å². The number of benzene rings is 1. The van der Waals surface area contributed by atoms with Gasteiger partial charge in [-0.3, -0.25) is 14.6 Å². The zero-order valence-corrected chi connectivity index (χ0v) is 15.8. The number of likely N-dealkylation sites (tertiary alicyclic amines) is 1. The summed E-state index contributed by atoms with van der Waals surface area (Å²) in [5.74, 6) is 0.459. The lowest BCUT2D eigenvalue weighted by atomic mass is 10.1. The van der Waals surface area contributed by atoms with Gasteiger partial charge in [0.15, 0.2) is 0 Å². The number of pyridine rings is 1. The van der Waals surface area contributed by atoms with E-state index in [4.69, 9.17) is 11.6 Å². The van der Waals surface area contributed by atoms with Gasteiger partial charge in [-0.1, -0.05) is 17.7 Å². The van der Waals surface area contributed by atoms with Crippen LogP contribution in [-0.2, 0) is 16.1 Å². The second kappa shape index (κ2) is 9.05. The summed E-state index contributed by atoms with van der Waals surface area (Å²) in [5, 5.41) is 3.65. The van der Waals surface area contributed by atoms with Gasteiger partial charge < -0.3 is 10.2 Å². The highest BCUT2D eigenvalue weighted by molar-refractivity contribution is 7.99. The summed E-state index contributed by atoms with van der Waals surface area (Å²) in [7, 11) is 0. The quantitative estimate of drug-likeness (QED) is 0.584. The molecule has 7 heteroatoms. The number of carbonyl (C=O) groups excluding carboxylic acids is 2. The number of halogens is 1. The summed E-state index contributed by atoms with van der Waals surface area (Å²) in [6, 6.07) is 11.4. The van der Waals surface area contributed by atoms with Gasteiger partial charge in [0.25, 0.3) is 0 Å². The Balaban J connectivity index is 1.41. The predicted molar refractivity (Wildman–Crippen MR) is 103 cm³/mol. The molecular formula is C19H20ClN3O2S. The Kier molecular flexibility index (Phi) is 6.52. The van der Waals surface area contributed by atoms with Gasteiger partial charge in [0.2, 0.25) is 11.8 Å². The summed E-state index contributed by atoms with van der Waals surface area (Å²) in [5.41, 5.74) is 0.973. The first-order valence-corrected chi connectivity index (χ1v) is 9.81. The number of carbonyl (C=O) groups is 2. The van der Waals surface area contributed by atoms with Crippen molar-refractivity contribution in [3.8, 4) is 0 Å². The molecule has 2 amide bonds. The Morgan fingerprint density at radius 1 is 1.31 bits per heavy atom. The lowest BCUT2D eigenvalue weighted by Crippen LogP contribution is -2.34. The first-order chi connectivity index (χ1) is 12.6. The molecule has 0 radical (unpaired) electrons. The van der Waals surface area contributed by atoms with Gasteiger partial charge in [0, 0.05) is 54.1 Å². The molecule has 1 fully saturated rings. The van der Waals surface area contributed by atoms with Crippen molar-refractivity contribution in [1.82, 2.24) is 15.2 Å². The summed E-state index contributed by atoms with van der Waals surface area (Å²) < 4.78 is 0. The van der Waals surface area contributed by atoms with Gasteiger partial charge in [0.05, 0.1) is 5.92 Å². The molecule has 0 unspecified atom stereocenters. The van der Waals surface area contributed by atoms with Crippen LogP contribution in [0.25, 0.3) is 0 Å². The first kappa shape index (κ1) is 18.7. The van der Waals surface area contributed by atoms with E-state index in [2.05, 4.69) is 10.3 Å². The van der Waals surface area contributed by atoms with E-state index in [1.165, 1.54) is 0 Å². The predicted octanol–water partition coefficient (Wildman–Crippen LogP) is 2.99. The highest BCUT2D eigenvalue weighted by atomic mass is 35.5. The summed E-state index contributed by atoms with van der Waals surface area (Å²) in [4.78, 5) is 31.4. The Labute approximate surface area is 162 Å². The third-order valence-corrected chi connectivity index (χ3v) is 5.43. The van der Waals surface area contributed by atoms with E-state index < -0.39 is 0 Å². The maximum Gasteiger partial charge on any atom is 0.225 e. The fourth-order valence-corrected chi connectivity index (χ4v) is 3.73. The average molecular weight is 390 g/mol. The van der Waals surface area contributed by atoms with Crippen molar-refractivity contribution in [3.05, 3.63) is 59.4 Å². The minimum Gasteiger partial charge on any atom is -0.355 e. The highest BCUT2D eigenvalue weighted by Crippen LogP contribution is 2.21. The molecule has 26 heavy (non-hydrogen) atoms. The fourth-order valence-electron chi connectivity index (χ4n) is 2.83. The molecule has 0 bridgehead atoms. The van der Waals surface area contributed by atoms with Crippen molar-refractivity contribution < 1.29 is 9.59 Å². The van der Waals surface area contributed by atoms with Crippen molar-refractivity contribution >= 4 is 35.2 Å². The number of hydrogen-bond donors (Lipinski definition) is 1. The van der Waals surface area contributed by atoms with E-state index in [-0.39, 0.29) is 24.2 Å². The zero-order chi connectivity index (χ0) is 18.4. The highest BCUT2D eigenvalue weighted by Gasteiger charge is 2.33. The van der Waals surface area contributed by atoms with E-state index in [1.807, 2.05) is 36.4 Å². The lowest BCUT2D eigenvalue weighted by Gasteiger charge is -2.16. The SMILES string of the molecule is O=C(NCCSc1ccc(Cl)cc1)[C@@H]1CC(=O)N(Cc2cccnc2)C1. The molecule has 5 nitrogen and oxygen atoms in total. The summed E-state index contributed by atoms with van der Waals surface area (Å²) >= 11 is 7.52. The van der Waals surface area contributed by atoms with E-state index in [0.717, 1.165) is 16.2 Å². The molecule has 1 aliphatic rings. The molecule has 0 spiro atoms. The first-order valence-electron chi connectivity index (χ1n) is 8.44. The number of aromatic nitrogens is 1. The van der Waals surface area contributed by atoms with Crippen LogP contribution in [0.1, 0.15) is 12.0 Å². The minimum atomic E-state index is -0.278. The van der Waals surface area contributed by atoms with E-state index in [9.17, 15) is 9.59 Å². The van der Waals surface area contributed by atoms with E-state index >= 15 is 0 Å². The van der Waals surface area contributed by atoms with Crippen molar-refractivity contribution in [3.63, 3.8) is 0 Å². The summed E-state index contributed by atoms with van der Waals surface area (Å²) in [6.07, 6.45) is 3.72. The topological polar surface area (TPSA) is 62.3 Å². The van der Waals surface area contributed by atoms with Crippen LogP contribution >= 0.6 is 23.4 Å². The summed E-state index contributed by atoms with van der Waals surface area (Å²) in [6.45, 7) is 1.53. The molecule has 1 aromatic carbocycles. The second-order valence-electron chi connectivity index (χ2n) is 6.13. The normalized spacial score (nSPS) is 16.7. The van der Waals surface area contributed by atoms with Gasteiger partial charge in [-0.05, 0) is 35.9 Å². The van der Waals surface area contributed by atoms with E-state index in [0.29, 0.717) is 24.7 Å². The maximum atomic E-state index is 12.3. The van der Waals surface area contributed by atoms with Crippen LogP contribution in [0, 0.1) is 5.92 Å². The molecule has 2 aromatic rings. The smallest absolute Gasteiger partial charge is 0.225 e. The van der Waals surface area contributed by atoms with Crippen LogP contribution in [0.4, 0.5) is 0 Å². The van der Waals surface area contributed by atoms with Gasteiger partial charge in [-0.15, -0.1) is 11.8 Å². The molecule has 0 aliphatic carbocycles. The van der Waals surface area contributed by atoms with Crippen LogP contribution < -0.4 is 5.32 Å². The number of nitrogens with zero attached hydrogens (tertiary/aromatic N) is 2. The number of amides is 2. The van der Waals surface area contributed by atoms with Crippen LogP contribution in [0.2, 0.25) is 5.02 Å². The lowest BCUT2D eigenvalue weighted by molar-refractivity contribution is -0.129. The van der Waals surface area contributed by atoms with Crippen molar-refractivity contribution in [2.75, 3.05) is 18.8 Å². The van der Waals surface area contributed by atoms with Crippen LogP contribution in [0.3, 0.4) is 0 Å². The molecule has 136 valence electrons. The molecule has 0 saturated carbocycles. The van der Waals surface area contributed by atoms with Gasteiger partial charge in [0.1, 0.15) is 0 Å². The molecule has 3 rings (SSSR count). The largest absolute Gasteiger partial charge is 0.355 e. The molecule has 1 aliphatic heterocycles. The maximum absolute atomic E-state index is 12.3. The standard InChI is InChI=1S/C19H20ClN3O2S/c20-16-3-5-17(6-4-16)26-9-8-22-19(25)15-10-18(24)23(13-15)12-14-2-1-7-21-11-14/h1-7,11,15H,8-10,12-13H2,(H,22,25)/t15-/m1/s1. The molecular weight excluding hydrogens is 370 g/mol. The molecule has 1 atom stereocenters. The van der Waals surface area contributed by atoms with Crippen LogP contribution in [-0.4, -0.2) is 40.5 Å². The van der Waals surface area contributed by atoms with Gasteiger partial charge in [-0.2, -0.15) is 0 Å². The number of nitrogens with one attached hydrogen (secondary N) is 1. The second-order valence-corrected chi connectivity index (χ2v) is 7.73. The number of hydrogen-bond acceptors (Lipinski definition) is 4. The molecule has 1 aromatic heterocycles. The number of thioether (sulfide) groups is 1. The van der Waals surface area contributed by atoms with Crippen LogP contribution in [0.15, 0.2) is 53.7 Å². The van der Waals surface area contributed by atoms with Gasteiger partial charge >= 0.3 is 0 Å². The third kappa shape index (κ3) is 5.22. The average Bonchev–Trinajstić information content (AvgIpc) is 3.01. The third-order valence-electron chi connectivity index (χ3n) is 4.17. The van der Waals surface area contributed by atoms with E-state index in [1.54, 1.807) is 29.1 Å². The van der Waals surface area contributed by atoms with Crippen molar-refractivity contribution in [2.45, 2.75) is 17.9 Å². The molecule has 1 saturated heterocycles. The molecule has 2 heterocycles. The Morgan fingerprint density at radius 3 is 2.85 bits per heavy atom.